The highest BCUT2D eigenvalue weighted by molar-refractivity contribution is 5.37. The Kier molecular flexibility index (Phi) is 3.02. The first-order valence-corrected chi connectivity index (χ1v) is 5.41. The summed E-state index contributed by atoms with van der Waals surface area (Å²) in [5, 5.41) is 0. The molecule has 16 heavy (non-hydrogen) atoms. The highest BCUT2D eigenvalue weighted by atomic mass is 14.7. The SMILES string of the molecule is Cc1ccc([C@H](N)c2cccnc2)c(C)c1. The van der Waals surface area contributed by atoms with Crippen LogP contribution in [0.15, 0.2) is 42.7 Å². The molecule has 0 spiro atoms. The number of hydrogen-bond acceptors (Lipinski definition) is 2. The van der Waals surface area contributed by atoms with Crippen molar-refractivity contribution in [2.45, 2.75) is 19.9 Å². The summed E-state index contributed by atoms with van der Waals surface area (Å²) in [6.45, 7) is 4.19. The molecule has 0 aliphatic heterocycles. The molecule has 0 aliphatic carbocycles. The van der Waals surface area contributed by atoms with Gasteiger partial charge in [0.15, 0.2) is 0 Å². The minimum absolute atomic E-state index is 0.0886. The van der Waals surface area contributed by atoms with Gasteiger partial charge in [-0.3, -0.25) is 4.98 Å². The second-order valence-electron chi connectivity index (χ2n) is 4.12. The summed E-state index contributed by atoms with van der Waals surface area (Å²) in [5.74, 6) is 0. The summed E-state index contributed by atoms with van der Waals surface area (Å²) in [6.07, 6.45) is 3.59. The van der Waals surface area contributed by atoms with E-state index in [1.165, 1.54) is 16.7 Å². The zero-order valence-electron chi connectivity index (χ0n) is 9.64. The van der Waals surface area contributed by atoms with Crippen molar-refractivity contribution in [2.75, 3.05) is 0 Å². The number of nitrogens with two attached hydrogens (primary N) is 1. The van der Waals surface area contributed by atoms with E-state index in [1.54, 1.807) is 6.20 Å². The van der Waals surface area contributed by atoms with E-state index in [1.807, 2.05) is 18.3 Å². The van der Waals surface area contributed by atoms with E-state index in [9.17, 15) is 0 Å². The predicted molar refractivity (Wildman–Crippen MR) is 66.2 cm³/mol. The zero-order valence-corrected chi connectivity index (χ0v) is 9.64. The number of hydrogen-bond donors (Lipinski definition) is 1. The fourth-order valence-electron chi connectivity index (χ4n) is 1.91. The van der Waals surface area contributed by atoms with E-state index in [0.717, 1.165) is 5.56 Å². The van der Waals surface area contributed by atoms with Gasteiger partial charge in [-0.2, -0.15) is 0 Å². The minimum Gasteiger partial charge on any atom is -0.320 e. The molecule has 0 fully saturated rings. The molecule has 0 bridgehead atoms. The first kappa shape index (κ1) is 10.8. The third-order valence-electron chi connectivity index (χ3n) is 2.80. The van der Waals surface area contributed by atoms with Gasteiger partial charge in [0.25, 0.3) is 0 Å². The third kappa shape index (κ3) is 2.12. The predicted octanol–water partition coefficient (Wildman–Crippen LogP) is 2.75. The Balaban J connectivity index is 2.38. The smallest absolute Gasteiger partial charge is 0.0569 e. The number of aromatic nitrogens is 1. The van der Waals surface area contributed by atoms with E-state index < -0.39 is 0 Å². The van der Waals surface area contributed by atoms with Gasteiger partial charge in [-0.15, -0.1) is 0 Å². The molecule has 82 valence electrons. The average molecular weight is 212 g/mol. The number of benzene rings is 1. The van der Waals surface area contributed by atoms with Crippen LogP contribution >= 0.6 is 0 Å². The monoisotopic (exact) mass is 212 g/mol. The highest BCUT2D eigenvalue weighted by Gasteiger charge is 2.10. The molecule has 0 unspecified atom stereocenters. The van der Waals surface area contributed by atoms with Crippen LogP contribution in [0.25, 0.3) is 0 Å². The molecular formula is C14H16N2. The van der Waals surface area contributed by atoms with Crippen molar-refractivity contribution in [1.29, 1.82) is 0 Å². The van der Waals surface area contributed by atoms with Crippen molar-refractivity contribution in [3.05, 3.63) is 65.0 Å². The largest absolute Gasteiger partial charge is 0.320 e. The molecule has 0 aliphatic rings. The standard InChI is InChI=1S/C14H16N2/c1-10-5-6-13(11(2)8-10)14(15)12-4-3-7-16-9-12/h3-9,14H,15H2,1-2H3/t14-/m1/s1. The maximum Gasteiger partial charge on any atom is 0.0569 e. The van der Waals surface area contributed by atoms with Crippen LogP contribution in [0.3, 0.4) is 0 Å². The molecule has 1 aromatic carbocycles. The summed E-state index contributed by atoms with van der Waals surface area (Å²) in [6, 6.07) is 10.2. The highest BCUT2D eigenvalue weighted by Crippen LogP contribution is 2.22. The van der Waals surface area contributed by atoms with Crippen molar-refractivity contribution in [3.63, 3.8) is 0 Å². The van der Waals surface area contributed by atoms with Crippen LogP contribution in [-0.4, -0.2) is 4.98 Å². The van der Waals surface area contributed by atoms with Crippen molar-refractivity contribution < 1.29 is 0 Å². The molecule has 2 nitrogen and oxygen atoms in total. The Morgan fingerprint density at radius 3 is 2.62 bits per heavy atom. The van der Waals surface area contributed by atoms with E-state index >= 15 is 0 Å². The molecular weight excluding hydrogens is 196 g/mol. The van der Waals surface area contributed by atoms with Crippen LogP contribution in [0.1, 0.15) is 28.3 Å². The first-order valence-electron chi connectivity index (χ1n) is 5.41. The molecule has 0 radical (unpaired) electrons. The molecule has 2 N–H and O–H groups in total. The number of pyridine rings is 1. The summed E-state index contributed by atoms with van der Waals surface area (Å²) < 4.78 is 0. The number of nitrogens with zero attached hydrogens (tertiary/aromatic N) is 1. The molecule has 1 aromatic heterocycles. The Morgan fingerprint density at radius 2 is 2.00 bits per heavy atom. The molecule has 0 saturated carbocycles. The van der Waals surface area contributed by atoms with Gasteiger partial charge >= 0.3 is 0 Å². The van der Waals surface area contributed by atoms with Crippen LogP contribution in [-0.2, 0) is 0 Å². The Morgan fingerprint density at radius 1 is 1.19 bits per heavy atom. The van der Waals surface area contributed by atoms with Crippen LogP contribution in [0.2, 0.25) is 0 Å². The zero-order chi connectivity index (χ0) is 11.5. The van der Waals surface area contributed by atoms with Crippen molar-refractivity contribution in [1.82, 2.24) is 4.98 Å². The van der Waals surface area contributed by atoms with E-state index in [0.29, 0.717) is 0 Å². The van der Waals surface area contributed by atoms with Crippen molar-refractivity contribution >= 4 is 0 Å². The van der Waals surface area contributed by atoms with E-state index in [4.69, 9.17) is 5.73 Å². The fraction of sp³-hybridized carbons (Fsp3) is 0.214. The maximum atomic E-state index is 6.23. The Hall–Kier alpha value is -1.67. The van der Waals surface area contributed by atoms with Gasteiger partial charge in [0.05, 0.1) is 6.04 Å². The van der Waals surface area contributed by atoms with Gasteiger partial charge < -0.3 is 5.73 Å². The van der Waals surface area contributed by atoms with Gasteiger partial charge in [0.2, 0.25) is 0 Å². The van der Waals surface area contributed by atoms with Gasteiger partial charge in [-0.05, 0) is 36.6 Å². The van der Waals surface area contributed by atoms with Crippen LogP contribution in [0.5, 0.6) is 0 Å². The topological polar surface area (TPSA) is 38.9 Å². The molecule has 1 atom stereocenters. The van der Waals surface area contributed by atoms with Crippen LogP contribution in [0, 0.1) is 13.8 Å². The first-order chi connectivity index (χ1) is 7.68. The lowest BCUT2D eigenvalue weighted by Gasteiger charge is -2.15. The lowest BCUT2D eigenvalue weighted by molar-refractivity contribution is 0.853. The second kappa shape index (κ2) is 4.45. The Bertz CT molecular complexity index is 477. The summed E-state index contributed by atoms with van der Waals surface area (Å²) in [5.41, 5.74) is 10.9. The average Bonchev–Trinajstić information content (AvgIpc) is 2.29. The van der Waals surface area contributed by atoms with Gasteiger partial charge in [0.1, 0.15) is 0 Å². The molecule has 2 aromatic rings. The number of aryl methyl sites for hydroxylation is 2. The normalized spacial score (nSPS) is 12.4. The lowest BCUT2D eigenvalue weighted by Crippen LogP contribution is -2.13. The summed E-state index contributed by atoms with van der Waals surface area (Å²) in [4.78, 5) is 4.10. The molecule has 2 heteroatoms. The van der Waals surface area contributed by atoms with E-state index in [-0.39, 0.29) is 6.04 Å². The second-order valence-corrected chi connectivity index (χ2v) is 4.12. The van der Waals surface area contributed by atoms with Gasteiger partial charge in [-0.25, -0.2) is 0 Å². The van der Waals surface area contributed by atoms with E-state index in [2.05, 4.69) is 37.0 Å². The third-order valence-corrected chi connectivity index (χ3v) is 2.80. The minimum atomic E-state index is -0.0886. The van der Waals surface area contributed by atoms with Gasteiger partial charge in [0, 0.05) is 12.4 Å². The van der Waals surface area contributed by atoms with Crippen molar-refractivity contribution in [2.24, 2.45) is 5.73 Å². The maximum absolute atomic E-state index is 6.23. The molecule has 0 amide bonds. The fourth-order valence-corrected chi connectivity index (χ4v) is 1.91. The summed E-state index contributed by atoms with van der Waals surface area (Å²) in [7, 11) is 0. The molecule has 2 rings (SSSR count). The Labute approximate surface area is 96.1 Å². The summed E-state index contributed by atoms with van der Waals surface area (Å²) >= 11 is 0. The quantitative estimate of drug-likeness (QED) is 0.831. The molecule has 0 saturated heterocycles. The molecule has 1 heterocycles. The van der Waals surface area contributed by atoms with Crippen LogP contribution in [0.4, 0.5) is 0 Å². The lowest BCUT2D eigenvalue weighted by atomic mass is 9.95. The van der Waals surface area contributed by atoms with Crippen LogP contribution < -0.4 is 5.73 Å². The number of rotatable bonds is 2. The van der Waals surface area contributed by atoms with Gasteiger partial charge in [-0.1, -0.05) is 29.8 Å². The van der Waals surface area contributed by atoms with Crippen molar-refractivity contribution in [3.8, 4) is 0 Å².